The summed E-state index contributed by atoms with van der Waals surface area (Å²) in [5.74, 6) is 1.06. The standard InChI is InChI=1S/C18H26N2O3/c1-12(2)11-19-18(22)15-9-10-16(21)20(3)17(15)13-5-7-14(23-4)8-6-13/h5-8,12,15,17H,9-11H2,1-4H3,(H,19,22). The molecule has 0 aliphatic carbocycles. The molecule has 1 saturated heterocycles. The first kappa shape index (κ1) is 17.3. The Balaban J connectivity index is 2.23. The molecule has 1 heterocycles. The zero-order valence-electron chi connectivity index (χ0n) is 14.3. The molecule has 0 bridgehead atoms. The number of methoxy groups -OCH3 is 1. The Morgan fingerprint density at radius 3 is 2.57 bits per heavy atom. The fourth-order valence-corrected chi connectivity index (χ4v) is 3.01. The van der Waals surface area contributed by atoms with E-state index in [0.717, 1.165) is 11.3 Å². The topological polar surface area (TPSA) is 58.6 Å². The van der Waals surface area contributed by atoms with Crippen LogP contribution in [-0.4, -0.2) is 37.4 Å². The minimum absolute atomic E-state index is 0.0267. The van der Waals surface area contributed by atoms with Gasteiger partial charge in [0.05, 0.1) is 19.1 Å². The number of amides is 2. The molecule has 1 aromatic carbocycles. The van der Waals surface area contributed by atoms with E-state index in [1.165, 1.54) is 0 Å². The van der Waals surface area contributed by atoms with Crippen molar-refractivity contribution >= 4 is 11.8 Å². The third-order valence-electron chi connectivity index (χ3n) is 4.34. The van der Waals surface area contributed by atoms with Crippen LogP contribution in [0.15, 0.2) is 24.3 Å². The molecule has 5 nitrogen and oxygen atoms in total. The number of nitrogens with zero attached hydrogens (tertiary/aromatic N) is 1. The lowest BCUT2D eigenvalue weighted by Gasteiger charge is -2.38. The highest BCUT2D eigenvalue weighted by Crippen LogP contribution is 2.36. The highest BCUT2D eigenvalue weighted by molar-refractivity contribution is 5.84. The maximum absolute atomic E-state index is 12.6. The summed E-state index contributed by atoms with van der Waals surface area (Å²) in [6, 6.07) is 7.37. The fraction of sp³-hybridized carbons (Fsp3) is 0.556. The molecule has 1 aliphatic heterocycles. The molecule has 23 heavy (non-hydrogen) atoms. The number of carbonyl (C=O) groups excluding carboxylic acids is 2. The van der Waals surface area contributed by atoms with Gasteiger partial charge >= 0.3 is 0 Å². The Labute approximate surface area is 138 Å². The van der Waals surface area contributed by atoms with Gasteiger partial charge in [0.15, 0.2) is 0 Å². The molecule has 2 rings (SSSR count). The maximum Gasteiger partial charge on any atom is 0.225 e. The van der Waals surface area contributed by atoms with E-state index >= 15 is 0 Å². The molecule has 1 aromatic rings. The molecule has 0 saturated carbocycles. The van der Waals surface area contributed by atoms with Crippen LogP contribution in [0.2, 0.25) is 0 Å². The molecule has 0 spiro atoms. The van der Waals surface area contributed by atoms with Crippen molar-refractivity contribution in [2.45, 2.75) is 32.7 Å². The van der Waals surface area contributed by atoms with Gasteiger partial charge in [-0.3, -0.25) is 9.59 Å². The van der Waals surface area contributed by atoms with Crippen molar-refractivity contribution in [1.29, 1.82) is 0 Å². The zero-order chi connectivity index (χ0) is 17.0. The molecule has 1 fully saturated rings. The summed E-state index contributed by atoms with van der Waals surface area (Å²) in [5.41, 5.74) is 0.964. The third-order valence-corrected chi connectivity index (χ3v) is 4.34. The molecule has 126 valence electrons. The summed E-state index contributed by atoms with van der Waals surface area (Å²) in [5, 5.41) is 3.01. The lowest BCUT2D eigenvalue weighted by atomic mass is 9.84. The van der Waals surface area contributed by atoms with Crippen molar-refractivity contribution < 1.29 is 14.3 Å². The first-order chi connectivity index (χ1) is 10.9. The highest BCUT2D eigenvalue weighted by Gasteiger charge is 2.38. The lowest BCUT2D eigenvalue weighted by molar-refractivity contribution is -0.141. The van der Waals surface area contributed by atoms with Gasteiger partial charge in [0.1, 0.15) is 5.75 Å². The molecule has 2 atom stereocenters. The van der Waals surface area contributed by atoms with Gasteiger partial charge in [-0.05, 0) is 30.0 Å². The summed E-state index contributed by atoms with van der Waals surface area (Å²) in [6.45, 7) is 4.79. The molecule has 1 aliphatic rings. The van der Waals surface area contributed by atoms with Crippen LogP contribution in [0.4, 0.5) is 0 Å². The average Bonchev–Trinajstić information content (AvgIpc) is 2.55. The van der Waals surface area contributed by atoms with E-state index < -0.39 is 0 Å². The third kappa shape index (κ3) is 4.03. The predicted octanol–water partition coefficient (Wildman–Crippen LogP) is 2.38. The second-order valence-electron chi connectivity index (χ2n) is 6.51. The molecular formula is C18H26N2O3. The van der Waals surface area contributed by atoms with Crippen molar-refractivity contribution in [2.24, 2.45) is 11.8 Å². The van der Waals surface area contributed by atoms with Gasteiger partial charge in [-0.15, -0.1) is 0 Å². The number of hydrogen-bond acceptors (Lipinski definition) is 3. The Morgan fingerprint density at radius 2 is 2.00 bits per heavy atom. The van der Waals surface area contributed by atoms with Crippen molar-refractivity contribution in [3.05, 3.63) is 29.8 Å². The van der Waals surface area contributed by atoms with Crippen molar-refractivity contribution in [3.63, 3.8) is 0 Å². The zero-order valence-corrected chi connectivity index (χ0v) is 14.3. The van der Waals surface area contributed by atoms with E-state index in [2.05, 4.69) is 19.2 Å². The van der Waals surface area contributed by atoms with Gasteiger partial charge in [0.2, 0.25) is 11.8 Å². The average molecular weight is 318 g/mol. The van der Waals surface area contributed by atoms with Gasteiger partial charge in [0.25, 0.3) is 0 Å². The van der Waals surface area contributed by atoms with E-state index in [-0.39, 0.29) is 23.8 Å². The van der Waals surface area contributed by atoms with Crippen LogP contribution in [0.25, 0.3) is 0 Å². The van der Waals surface area contributed by atoms with Crippen molar-refractivity contribution in [3.8, 4) is 5.75 Å². The Morgan fingerprint density at radius 1 is 1.35 bits per heavy atom. The minimum Gasteiger partial charge on any atom is -0.497 e. The normalized spacial score (nSPS) is 21.4. The van der Waals surface area contributed by atoms with Gasteiger partial charge in [-0.2, -0.15) is 0 Å². The van der Waals surface area contributed by atoms with Crippen LogP contribution in [0.5, 0.6) is 5.75 Å². The van der Waals surface area contributed by atoms with E-state index in [1.54, 1.807) is 19.1 Å². The number of rotatable bonds is 5. The summed E-state index contributed by atoms with van der Waals surface area (Å²) in [6.07, 6.45) is 1.01. The van der Waals surface area contributed by atoms with Gasteiger partial charge in [-0.1, -0.05) is 26.0 Å². The smallest absolute Gasteiger partial charge is 0.225 e. The lowest BCUT2D eigenvalue weighted by Crippen LogP contribution is -2.46. The summed E-state index contributed by atoms with van der Waals surface area (Å²) in [4.78, 5) is 26.4. The van der Waals surface area contributed by atoms with E-state index in [0.29, 0.717) is 25.3 Å². The minimum atomic E-state index is -0.227. The van der Waals surface area contributed by atoms with E-state index in [4.69, 9.17) is 4.74 Å². The summed E-state index contributed by atoms with van der Waals surface area (Å²) in [7, 11) is 3.40. The van der Waals surface area contributed by atoms with Gasteiger partial charge < -0.3 is 15.0 Å². The summed E-state index contributed by atoms with van der Waals surface area (Å²) < 4.78 is 5.18. The number of likely N-dealkylation sites (tertiary alicyclic amines) is 1. The van der Waals surface area contributed by atoms with Crippen LogP contribution in [0.3, 0.4) is 0 Å². The number of benzene rings is 1. The van der Waals surface area contributed by atoms with Crippen LogP contribution in [0, 0.1) is 11.8 Å². The summed E-state index contributed by atoms with van der Waals surface area (Å²) >= 11 is 0. The second-order valence-corrected chi connectivity index (χ2v) is 6.51. The molecule has 2 amide bonds. The second kappa shape index (κ2) is 7.49. The van der Waals surface area contributed by atoms with Crippen LogP contribution in [-0.2, 0) is 9.59 Å². The first-order valence-electron chi connectivity index (χ1n) is 8.11. The quantitative estimate of drug-likeness (QED) is 0.907. The van der Waals surface area contributed by atoms with E-state index in [9.17, 15) is 9.59 Å². The number of carbonyl (C=O) groups is 2. The highest BCUT2D eigenvalue weighted by atomic mass is 16.5. The number of nitrogens with one attached hydrogen (secondary N) is 1. The maximum atomic E-state index is 12.6. The van der Waals surface area contributed by atoms with Crippen molar-refractivity contribution in [1.82, 2.24) is 10.2 Å². The fourth-order valence-electron chi connectivity index (χ4n) is 3.01. The largest absolute Gasteiger partial charge is 0.497 e. The van der Waals surface area contributed by atoms with E-state index in [1.807, 2.05) is 24.3 Å². The Bertz CT molecular complexity index is 554. The molecule has 5 heteroatoms. The Hall–Kier alpha value is -2.04. The van der Waals surface area contributed by atoms with Crippen LogP contribution in [0.1, 0.15) is 38.3 Å². The molecular weight excluding hydrogens is 292 g/mol. The van der Waals surface area contributed by atoms with Crippen LogP contribution < -0.4 is 10.1 Å². The van der Waals surface area contributed by atoms with Gasteiger partial charge in [0, 0.05) is 20.0 Å². The monoisotopic (exact) mass is 318 g/mol. The molecule has 0 aromatic heterocycles. The predicted molar refractivity (Wildman–Crippen MR) is 89.1 cm³/mol. The molecule has 2 unspecified atom stereocenters. The molecule has 1 N–H and O–H groups in total. The number of hydrogen-bond donors (Lipinski definition) is 1. The number of piperidine rings is 1. The first-order valence-corrected chi connectivity index (χ1v) is 8.11. The SMILES string of the molecule is COc1ccc(C2C(C(=O)NCC(C)C)CCC(=O)N2C)cc1. The Kier molecular flexibility index (Phi) is 5.64. The molecule has 0 radical (unpaired) electrons. The van der Waals surface area contributed by atoms with Crippen molar-refractivity contribution in [2.75, 3.05) is 20.7 Å². The van der Waals surface area contributed by atoms with Gasteiger partial charge in [-0.25, -0.2) is 0 Å². The van der Waals surface area contributed by atoms with Crippen LogP contribution >= 0.6 is 0 Å². The number of ether oxygens (including phenoxy) is 1.